The monoisotopic (exact) mass is 399 g/mol. The molecule has 2 saturated heterocycles. The number of piperidine rings is 1. The highest BCUT2D eigenvalue weighted by atomic mass is 16.2. The van der Waals surface area contributed by atoms with Crippen molar-refractivity contribution in [3.8, 4) is 0 Å². The molecule has 0 saturated carbocycles. The topological polar surface area (TPSA) is 90.4 Å². The summed E-state index contributed by atoms with van der Waals surface area (Å²) >= 11 is 0. The second kappa shape index (κ2) is 7.33. The average molecular weight is 399 g/mol. The molecule has 8 heteroatoms. The molecule has 3 heterocycles. The number of H-pyrrole nitrogens is 1. The summed E-state index contributed by atoms with van der Waals surface area (Å²) in [6.07, 6.45) is 2.55. The maximum Gasteiger partial charge on any atom is 0.326 e. The molecule has 0 bridgehead atoms. The molecule has 2 amide bonds. The number of carbonyl (C=O) groups is 2. The maximum absolute atomic E-state index is 12.9. The zero-order valence-electron chi connectivity index (χ0n) is 17.3. The summed E-state index contributed by atoms with van der Waals surface area (Å²) < 4.78 is 1.49. The summed E-state index contributed by atoms with van der Waals surface area (Å²) in [6.45, 7) is 5.13. The normalized spacial score (nSPS) is 23.6. The van der Waals surface area contributed by atoms with Gasteiger partial charge in [0.2, 0.25) is 5.91 Å². The van der Waals surface area contributed by atoms with E-state index in [2.05, 4.69) is 22.2 Å². The summed E-state index contributed by atoms with van der Waals surface area (Å²) in [5.41, 5.74) is 1.25. The second-order valence-corrected chi connectivity index (χ2v) is 8.82. The van der Waals surface area contributed by atoms with Crippen molar-refractivity contribution in [2.75, 3.05) is 33.2 Å². The number of likely N-dealkylation sites (tertiary alicyclic amines) is 2. The molecular weight excluding hydrogens is 370 g/mol. The first kappa shape index (κ1) is 19.7. The predicted molar refractivity (Wildman–Crippen MR) is 111 cm³/mol. The van der Waals surface area contributed by atoms with Crippen LogP contribution >= 0.6 is 0 Å². The highest BCUT2D eigenvalue weighted by Crippen LogP contribution is 2.26. The van der Waals surface area contributed by atoms with Crippen LogP contribution in [0.3, 0.4) is 0 Å². The number of nitrogens with one attached hydrogen (secondary N) is 2. The zero-order chi connectivity index (χ0) is 20.8. The smallest absolute Gasteiger partial charge is 0.326 e. The van der Waals surface area contributed by atoms with E-state index in [0.717, 1.165) is 32.4 Å². The van der Waals surface area contributed by atoms with E-state index in [1.54, 1.807) is 25.2 Å². The van der Waals surface area contributed by atoms with E-state index in [-0.39, 0.29) is 23.4 Å². The minimum atomic E-state index is -0.447. The number of aromatic nitrogens is 2. The Bertz CT molecular complexity index is 1000. The summed E-state index contributed by atoms with van der Waals surface area (Å²) in [5, 5.41) is 3.12. The van der Waals surface area contributed by atoms with E-state index in [4.69, 9.17) is 0 Å². The molecular formula is C21H29N5O3. The van der Waals surface area contributed by atoms with Gasteiger partial charge < -0.3 is 20.1 Å². The Kier molecular flexibility index (Phi) is 4.98. The third kappa shape index (κ3) is 3.81. The van der Waals surface area contributed by atoms with Crippen LogP contribution in [0.2, 0.25) is 0 Å². The largest absolute Gasteiger partial charge is 0.345 e. The summed E-state index contributed by atoms with van der Waals surface area (Å²) in [4.78, 5) is 44.4. The van der Waals surface area contributed by atoms with Crippen LogP contribution in [0.15, 0.2) is 23.0 Å². The minimum absolute atomic E-state index is 0.0986. The van der Waals surface area contributed by atoms with Crippen molar-refractivity contribution in [1.29, 1.82) is 0 Å². The first-order valence-corrected chi connectivity index (χ1v) is 10.2. The lowest BCUT2D eigenvalue weighted by Gasteiger charge is -2.32. The molecule has 2 aromatic rings. The van der Waals surface area contributed by atoms with E-state index in [1.165, 1.54) is 4.57 Å². The van der Waals surface area contributed by atoms with E-state index >= 15 is 0 Å². The summed E-state index contributed by atoms with van der Waals surface area (Å²) in [5.74, 6) is 0.137. The van der Waals surface area contributed by atoms with Gasteiger partial charge in [-0.2, -0.15) is 0 Å². The number of hydrogen-bond donors (Lipinski definition) is 2. The van der Waals surface area contributed by atoms with Crippen molar-refractivity contribution >= 4 is 22.8 Å². The van der Waals surface area contributed by atoms with Gasteiger partial charge in [-0.25, -0.2) is 4.79 Å². The van der Waals surface area contributed by atoms with Crippen LogP contribution in [0.4, 0.5) is 0 Å². The fraction of sp³-hybridized carbons (Fsp3) is 0.571. The Balaban J connectivity index is 1.42. The van der Waals surface area contributed by atoms with Crippen LogP contribution in [-0.2, 0) is 11.8 Å². The molecule has 2 aliphatic rings. The van der Waals surface area contributed by atoms with Crippen LogP contribution in [0, 0.1) is 5.92 Å². The quantitative estimate of drug-likeness (QED) is 0.803. The van der Waals surface area contributed by atoms with Crippen molar-refractivity contribution in [3.63, 3.8) is 0 Å². The van der Waals surface area contributed by atoms with Crippen molar-refractivity contribution < 1.29 is 9.59 Å². The Morgan fingerprint density at radius 1 is 1.17 bits per heavy atom. The molecule has 2 N–H and O–H groups in total. The van der Waals surface area contributed by atoms with Crippen LogP contribution in [0.1, 0.15) is 36.5 Å². The molecule has 2 fully saturated rings. The van der Waals surface area contributed by atoms with Gasteiger partial charge >= 0.3 is 5.69 Å². The number of hydrogen-bond acceptors (Lipinski definition) is 4. The van der Waals surface area contributed by atoms with Gasteiger partial charge in [-0.3, -0.25) is 14.2 Å². The fourth-order valence-corrected chi connectivity index (χ4v) is 4.48. The van der Waals surface area contributed by atoms with Crippen molar-refractivity contribution in [2.45, 2.75) is 31.7 Å². The molecule has 156 valence electrons. The number of aryl methyl sites for hydroxylation is 1. The molecule has 2 aliphatic heterocycles. The van der Waals surface area contributed by atoms with Crippen molar-refractivity contribution in [2.24, 2.45) is 13.0 Å². The number of fused-ring (bicyclic) bond motifs is 1. The fourth-order valence-electron chi connectivity index (χ4n) is 4.48. The maximum atomic E-state index is 12.9. The number of amides is 2. The molecule has 0 aliphatic carbocycles. The standard InChI is InChI=1S/C21H29N5O3/c1-21(8-11-26(13-21)19(28)14-6-9-24(2)10-7-14)23-18(27)15-4-5-16-17(12-15)25(3)20(29)22-16/h4-5,12,14H,6-11,13H2,1-3H3,(H,22,29)(H,23,27). The number of benzene rings is 1. The first-order chi connectivity index (χ1) is 13.8. The van der Waals surface area contributed by atoms with Gasteiger partial charge in [0.25, 0.3) is 5.91 Å². The third-order valence-electron chi connectivity index (χ3n) is 6.44. The lowest BCUT2D eigenvalue weighted by Crippen LogP contribution is -2.49. The minimum Gasteiger partial charge on any atom is -0.345 e. The first-order valence-electron chi connectivity index (χ1n) is 10.2. The molecule has 4 rings (SSSR count). The third-order valence-corrected chi connectivity index (χ3v) is 6.44. The molecule has 0 spiro atoms. The number of aromatic amines is 1. The Hall–Kier alpha value is -2.61. The zero-order valence-corrected chi connectivity index (χ0v) is 17.3. The highest BCUT2D eigenvalue weighted by molar-refractivity contribution is 5.98. The Labute approximate surface area is 169 Å². The Morgan fingerprint density at radius 3 is 2.62 bits per heavy atom. The van der Waals surface area contributed by atoms with Gasteiger partial charge in [-0.05, 0) is 64.5 Å². The molecule has 1 unspecified atom stereocenters. The lowest BCUT2D eigenvalue weighted by atomic mass is 9.95. The highest BCUT2D eigenvalue weighted by Gasteiger charge is 2.39. The van der Waals surface area contributed by atoms with Gasteiger partial charge in [0, 0.05) is 31.6 Å². The molecule has 29 heavy (non-hydrogen) atoms. The van der Waals surface area contributed by atoms with E-state index in [0.29, 0.717) is 29.7 Å². The number of nitrogens with zero attached hydrogens (tertiary/aromatic N) is 3. The van der Waals surface area contributed by atoms with Gasteiger partial charge in [-0.15, -0.1) is 0 Å². The molecule has 1 atom stereocenters. The molecule has 8 nitrogen and oxygen atoms in total. The SMILES string of the molecule is CN1CCC(C(=O)N2CCC(C)(NC(=O)c3ccc4[nH]c(=O)n(C)c4c3)C2)CC1. The molecule has 1 aromatic carbocycles. The van der Waals surface area contributed by atoms with E-state index in [1.807, 2.05) is 11.8 Å². The lowest BCUT2D eigenvalue weighted by molar-refractivity contribution is -0.136. The number of imidazole rings is 1. The number of rotatable bonds is 3. The van der Waals surface area contributed by atoms with E-state index in [9.17, 15) is 14.4 Å². The van der Waals surface area contributed by atoms with Crippen LogP contribution < -0.4 is 11.0 Å². The average Bonchev–Trinajstić information content (AvgIpc) is 3.21. The molecule has 1 aromatic heterocycles. The second-order valence-electron chi connectivity index (χ2n) is 8.82. The van der Waals surface area contributed by atoms with Crippen molar-refractivity contribution in [3.05, 3.63) is 34.2 Å². The van der Waals surface area contributed by atoms with E-state index < -0.39 is 5.54 Å². The predicted octanol–water partition coefficient (Wildman–Crippen LogP) is 0.929. The molecule has 0 radical (unpaired) electrons. The summed E-state index contributed by atoms with van der Waals surface area (Å²) in [6, 6.07) is 5.19. The van der Waals surface area contributed by atoms with Gasteiger partial charge in [-0.1, -0.05) is 0 Å². The van der Waals surface area contributed by atoms with Crippen molar-refractivity contribution in [1.82, 2.24) is 24.7 Å². The van der Waals surface area contributed by atoms with Crippen LogP contribution in [0.5, 0.6) is 0 Å². The van der Waals surface area contributed by atoms with Crippen LogP contribution in [0.25, 0.3) is 11.0 Å². The van der Waals surface area contributed by atoms with Gasteiger partial charge in [0.15, 0.2) is 0 Å². The summed E-state index contributed by atoms with van der Waals surface area (Å²) in [7, 11) is 3.76. The Morgan fingerprint density at radius 2 is 1.90 bits per heavy atom. The van der Waals surface area contributed by atoms with Gasteiger partial charge in [0.1, 0.15) is 0 Å². The van der Waals surface area contributed by atoms with Gasteiger partial charge in [0.05, 0.1) is 16.6 Å². The van der Waals surface area contributed by atoms with Crippen LogP contribution in [-0.4, -0.2) is 69.9 Å². The number of carbonyl (C=O) groups excluding carboxylic acids is 2.